The number of alkyl halides is 3. The highest BCUT2D eigenvalue weighted by Gasteiger charge is 2.62. The molecule has 1 aliphatic carbocycles. The van der Waals surface area contributed by atoms with Crippen molar-refractivity contribution >= 4 is 21.9 Å². The third-order valence-electron chi connectivity index (χ3n) is 5.18. The highest BCUT2D eigenvalue weighted by molar-refractivity contribution is 9.11. The Hall–Kier alpha value is -2.08. The number of rotatable bonds is 5. The lowest BCUT2D eigenvalue weighted by molar-refractivity contribution is -0.147. The number of hydrogen-bond acceptors (Lipinski definition) is 2. The third-order valence-corrected chi connectivity index (χ3v) is 5.89. The van der Waals surface area contributed by atoms with Gasteiger partial charge in [0.2, 0.25) is 0 Å². The van der Waals surface area contributed by atoms with Gasteiger partial charge in [-0.25, -0.2) is 0 Å². The maximum Gasteiger partial charge on any atom is 0.422 e. The van der Waals surface area contributed by atoms with Crippen LogP contribution in [0.5, 0.6) is 0 Å². The van der Waals surface area contributed by atoms with Crippen molar-refractivity contribution in [3.8, 4) is 11.1 Å². The summed E-state index contributed by atoms with van der Waals surface area (Å²) in [5.41, 5.74) is 2.33. The Bertz CT molecular complexity index is 888. The quantitative estimate of drug-likeness (QED) is 0.483. The summed E-state index contributed by atoms with van der Waals surface area (Å²) in [6.07, 6.45) is -3.38. The SMILES string of the molecule is CC1(C)[C@H](C=C(Br)C(F)(F)F)[C@H]1C(=O)OCc1cccc(-c2ccccc2)c1. The Morgan fingerprint density at radius 1 is 1.11 bits per heavy atom. The molecule has 2 nitrogen and oxygen atoms in total. The normalized spacial score (nSPS) is 21.3. The molecule has 1 fully saturated rings. The van der Waals surface area contributed by atoms with Crippen molar-refractivity contribution in [2.24, 2.45) is 17.3 Å². The topological polar surface area (TPSA) is 26.3 Å². The summed E-state index contributed by atoms with van der Waals surface area (Å²) < 4.78 is 42.8. The van der Waals surface area contributed by atoms with Gasteiger partial charge in [0.05, 0.1) is 10.4 Å². The van der Waals surface area contributed by atoms with Gasteiger partial charge >= 0.3 is 12.1 Å². The predicted molar refractivity (Wildman–Crippen MR) is 106 cm³/mol. The van der Waals surface area contributed by atoms with E-state index in [9.17, 15) is 18.0 Å². The summed E-state index contributed by atoms with van der Waals surface area (Å²) in [5, 5.41) is 0. The minimum absolute atomic E-state index is 0.0863. The van der Waals surface area contributed by atoms with Crippen LogP contribution in [0.25, 0.3) is 11.1 Å². The molecule has 2 atom stereocenters. The average Bonchev–Trinajstić information content (AvgIpc) is 3.20. The number of benzene rings is 2. The van der Waals surface area contributed by atoms with Crippen LogP contribution in [-0.2, 0) is 16.1 Å². The van der Waals surface area contributed by atoms with Crippen molar-refractivity contribution < 1.29 is 22.7 Å². The van der Waals surface area contributed by atoms with Crippen LogP contribution in [0, 0.1) is 17.3 Å². The van der Waals surface area contributed by atoms with E-state index in [4.69, 9.17) is 4.74 Å². The van der Waals surface area contributed by atoms with E-state index in [0.717, 1.165) is 22.8 Å². The van der Waals surface area contributed by atoms with Crippen LogP contribution in [0.15, 0.2) is 65.2 Å². The summed E-state index contributed by atoms with van der Waals surface area (Å²) >= 11 is 2.56. The van der Waals surface area contributed by atoms with E-state index in [1.165, 1.54) is 0 Å². The first-order chi connectivity index (χ1) is 13.1. The number of halogens is 4. The van der Waals surface area contributed by atoms with E-state index in [0.29, 0.717) is 0 Å². The van der Waals surface area contributed by atoms with Crippen LogP contribution in [-0.4, -0.2) is 12.1 Å². The number of carbonyl (C=O) groups excluding carboxylic acids is 1. The minimum Gasteiger partial charge on any atom is -0.461 e. The van der Waals surface area contributed by atoms with Crippen molar-refractivity contribution in [3.05, 3.63) is 70.7 Å². The molecular weight excluding hydrogens is 433 g/mol. The van der Waals surface area contributed by atoms with Crippen LogP contribution in [0.4, 0.5) is 13.2 Å². The van der Waals surface area contributed by atoms with E-state index >= 15 is 0 Å². The molecule has 0 unspecified atom stereocenters. The molecule has 6 heteroatoms. The molecular formula is C22H20BrF3O2. The predicted octanol–water partition coefficient (Wildman–Crippen LogP) is 6.51. The van der Waals surface area contributed by atoms with Crippen LogP contribution >= 0.6 is 15.9 Å². The highest BCUT2D eigenvalue weighted by atomic mass is 79.9. The Morgan fingerprint density at radius 3 is 2.39 bits per heavy atom. The first-order valence-electron chi connectivity index (χ1n) is 8.86. The summed E-state index contributed by atoms with van der Waals surface area (Å²) in [4.78, 5) is 12.4. The molecule has 0 N–H and O–H groups in total. The second-order valence-corrected chi connectivity index (χ2v) is 8.37. The standard InChI is InChI=1S/C22H20BrF3O2/c1-21(2)17(12-18(23)22(24,25)26)19(21)20(27)28-13-14-7-6-10-16(11-14)15-8-4-3-5-9-15/h3-12,17,19H,13H2,1-2H3/t17-,19+/m1/s1. The van der Waals surface area contributed by atoms with Gasteiger partial charge in [-0.15, -0.1) is 0 Å². The van der Waals surface area contributed by atoms with Gasteiger partial charge in [-0.3, -0.25) is 4.79 Å². The molecule has 1 aliphatic rings. The van der Waals surface area contributed by atoms with Crippen LogP contribution < -0.4 is 0 Å². The molecule has 0 saturated heterocycles. The van der Waals surface area contributed by atoms with Crippen molar-refractivity contribution in [2.45, 2.75) is 26.6 Å². The zero-order valence-corrected chi connectivity index (χ0v) is 17.0. The Kier molecular flexibility index (Phi) is 5.71. The Morgan fingerprint density at radius 2 is 1.75 bits per heavy atom. The van der Waals surface area contributed by atoms with Gasteiger partial charge in [-0.2, -0.15) is 13.2 Å². The molecule has 0 aliphatic heterocycles. The van der Waals surface area contributed by atoms with Gasteiger partial charge in [-0.05, 0) is 50.0 Å². The van der Waals surface area contributed by atoms with Crippen molar-refractivity contribution in [2.75, 3.05) is 0 Å². The highest BCUT2D eigenvalue weighted by Crippen LogP contribution is 2.60. The van der Waals surface area contributed by atoms with Gasteiger partial charge in [0.15, 0.2) is 0 Å². The van der Waals surface area contributed by atoms with Crippen LogP contribution in [0.3, 0.4) is 0 Å². The minimum atomic E-state index is -4.45. The fraction of sp³-hybridized carbons (Fsp3) is 0.318. The maximum atomic E-state index is 12.7. The molecule has 0 aromatic heterocycles. The summed E-state index contributed by atoms with van der Waals surface area (Å²) in [5.74, 6) is -1.56. The van der Waals surface area contributed by atoms with E-state index < -0.39 is 33.9 Å². The Balaban J connectivity index is 1.65. The lowest BCUT2D eigenvalue weighted by Gasteiger charge is -2.08. The number of ether oxygens (including phenoxy) is 1. The number of hydrogen-bond donors (Lipinski definition) is 0. The fourth-order valence-electron chi connectivity index (χ4n) is 3.41. The molecule has 2 aromatic rings. The summed E-state index contributed by atoms with van der Waals surface area (Å²) in [6.45, 7) is 3.63. The van der Waals surface area contributed by atoms with Crippen molar-refractivity contribution in [1.29, 1.82) is 0 Å². The number of esters is 1. The van der Waals surface area contributed by atoms with E-state index in [-0.39, 0.29) is 6.61 Å². The van der Waals surface area contributed by atoms with E-state index in [1.54, 1.807) is 13.8 Å². The van der Waals surface area contributed by atoms with Gasteiger partial charge in [0, 0.05) is 0 Å². The zero-order chi connectivity index (χ0) is 20.5. The molecule has 0 radical (unpaired) electrons. The fourth-order valence-corrected chi connectivity index (χ4v) is 3.69. The molecule has 0 heterocycles. The zero-order valence-electron chi connectivity index (χ0n) is 15.5. The number of allylic oxidation sites excluding steroid dienone is 2. The van der Waals surface area contributed by atoms with Crippen LogP contribution in [0.2, 0.25) is 0 Å². The van der Waals surface area contributed by atoms with E-state index in [1.807, 2.05) is 54.6 Å². The van der Waals surface area contributed by atoms with Crippen molar-refractivity contribution in [3.63, 3.8) is 0 Å². The van der Waals surface area contributed by atoms with Gasteiger partial charge in [0.1, 0.15) is 6.61 Å². The maximum absolute atomic E-state index is 12.7. The second-order valence-electron chi connectivity index (χ2n) is 7.51. The first kappa shape index (κ1) is 20.6. The smallest absolute Gasteiger partial charge is 0.422 e. The monoisotopic (exact) mass is 452 g/mol. The third kappa shape index (κ3) is 4.49. The van der Waals surface area contributed by atoms with Gasteiger partial charge < -0.3 is 4.74 Å². The molecule has 0 spiro atoms. The van der Waals surface area contributed by atoms with Crippen LogP contribution in [0.1, 0.15) is 19.4 Å². The molecule has 28 heavy (non-hydrogen) atoms. The largest absolute Gasteiger partial charge is 0.461 e. The molecule has 0 amide bonds. The Labute approximate surface area is 170 Å². The lowest BCUT2D eigenvalue weighted by Crippen LogP contribution is -2.11. The van der Waals surface area contributed by atoms with Gasteiger partial charge in [-0.1, -0.05) is 68.5 Å². The van der Waals surface area contributed by atoms with E-state index in [2.05, 4.69) is 15.9 Å². The molecule has 3 rings (SSSR count). The lowest BCUT2D eigenvalue weighted by atomic mass is 10.0. The van der Waals surface area contributed by atoms with Gasteiger partial charge in [0.25, 0.3) is 0 Å². The summed E-state index contributed by atoms with van der Waals surface area (Å²) in [7, 11) is 0. The number of carbonyl (C=O) groups is 1. The molecule has 1 saturated carbocycles. The molecule has 148 valence electrons. The van der Waals surface area contributed by atoms with Crippen molar-refractivity contribution in [1.82, 2.24) is 0 Å². The molecule has 2 aromatic carbocycles. The average molecular weight is 453 g/mol. The first-order valence-corrected chi connectivity index (χ1v) is 9.65. The molecule has 0 bridgehead atoms. The second kappa shape index (κ2) is 7.74. The summed E-state index contributed by atoms with van der Waals surface area (Å²) in [6, 6.07) is 17.5.